The van der Waals surface area contributed by atoms with Crippen LogP contribution in [0.5, 0.6) is 5.75 Å². The molecule has 2 aliphatic heterocycles. The first kappa shape index (κ1) is 23.3. The molecular formula is C26H31FN2O4S. The molecular weight excluding hydrogens is 455 g/mol. The number of para-hydroxylation sites is 1. The van der Waals surface area contributed by atoms with Crippen LogP contribution in [-0.4, -0.2) is 37.3 Å². The van der Waals surface area contributed by atoms with Crippen molar-refractivity contribution < 1.29 is 22.3 Å². The van der Waals surface area contributed by atoms with Crippen molar-refractivity contribution in [3.05, 3.63) is 59.9 Å². The van der Waals surface area contributed by atoms with Crippen LogP contribution in [0.2, 0.25) is 0 Å². The third-order valence-electron chi connectivity index (χ3n) is 7.55. The number of hydrogen-bond acceptors (Lipinski definition) is 4. The molecule has 5 rings (SSSR count). The molecule has 8 heteroatoms. The van der Waals surface area contributed by atoms with Gasteiger partial charge in [-0.1, -0.05) is 24.6 Å². The predicted molar refractivity (Wildman–Crippen MR) is 126 cm³/mol. The van der Waals surface area contributed by atoms with E-state index in [2.05, 4.69) is 5.32 Å². The average Bonchev–Trinajstić information content (AvgIpc) is 2.85. The first-order valence-corrected chi connectivity index (χ1v) is 13.6. The normalized spacial score (nSPS) is 23.1. The molecule has 0 radical (unpaired) electrons. The van der Waals surface area contributed by atoms with E-state index >= 15 is 0 Å². The van der Waals surface area contributed by atoms with Crippen LogP contribution in [0.25, 0.3) is 0 Å². The number of sulfonamides is 1. The van der Waals surface area contributed by atoms with Crippen molar-refractivity contribution in [1.29, 1.82) is 0 Å². The highest BCUT2D eigenvalue weighted by atomic mass is 32.2. The second-order valence-corrected chi connectivity index (χ2v) is 11.7. The van der Waals surface area contributed by atoms with E-state index in [0.29, 0.717) is 12.8 Å². The molecule has 0 bridgehead atoms. The van der Waals surface area contributed by atoms with Gasteiger partial charge in [0.25, 0.3) is 0 Å². The molecule has 2 aromatic carbocycles. The van der Waals surface area contributed by atoms with Crippen LogP contribution in [0.1, 0.15) is 63.0 Å². The highest BCUT2D eigenvalue weighted by Crippen LogP contribution is 2.46. The summed E-state index contributed by atoms with van der Waals surface area (Å²) in [6, 6.07) is 12.7. The smallest absolute Gasteiger partial charge is 0.243 e. The zero-order valence-electron chi connectivity index (χ0n) is 19.2. The number of nitrogens with zero attached hydrogens (tertiary/aromatic N) is 1. The molecule has 3 aliphatic rings. The Morgan fingerprint density at radius 2 is 1.68 bits per heavy atom. The molecule has 1 N–H and O–H groups in total. The van der Waals surface area contributed by atoms with E-state index in [-0.39, 0.29) is 41.5 Å². The Morgan fingerprint density at radius 1 is 1.00 bits per heavy atom. The Kier molecular flexibility index (Phi) is 6.37. The number of fused-ring (bicyclic) bond motifs is 1. The maximum Gasteiger partial charge on any atom is 0.243 e. The lowest BCUT2D eigenvalue weighted by atomic mass is 9.77. The summed E-state index contributed by atoms with van der Waals surface area (Å²) >= 11 is 0. The number of carbonyl (C=O) groups is 1. The van der Waals surface area contributed by atoms with E-state index in [9.17, 15) is 17.6 Å². The number of benzene rings is 2. The van der Waals surface area contributed by atoms with Crippen LogP contribution in [-0.2, 0) is 14.8 Å². The molecule has 182 valence electrons. The molecule has 34 heavy (non-hydrogen) atoms. The largest absolute Gasteiger partial charge is 0.487 e. The Hall–Kier alpha value is -2.45. The number of piperidine rings is 1. The summed E-state index contributed by atoms with van der Waals surface area (Å²) in [5.74, 6) is 0.128. The first-order valence-electron chi connectivity index (χ1n) is 12.2. The Balaban J connectivity index is 1.25. The third kappa shape index (κ3) is 4.58. The fourth-order valence-electron chi connectivity index (χ4n) is 5.65. The van der Waals surface area contributed by atoms with Gasteiger partial charge in [0.1, 0.15) is 17.2 Å². The molecule has 1 amide bonds. The molecule has 0 unspecified atom stereocenters. The van der Waals surface area contributed by atoms with Gasteiger partial charge in [0.15, 0.2) is 0 Å². The molecule has 2 fully saturated rings. The van der Waals surface area contributed by atoms with Gasteiger partial charge >= 0.3 is 0 Å². The molecule has 2 heterocycles. The van der Waals surface area contributed by atoms with Gasteiger partial charge < -0.3 is 10.1 Å². The van der Waals surface area contributed by atoms with Crippen molar-refractivity contribution in [2.45, 2.75) is 67.9 Å². The lowest BCUT2D eigenvalue weighted by molar-refractivity contribution is -0.127. The topological polar surface area (TPSA) is 75.7 Å². The molecule has 1 aliphatic carbocycles. The summed E-state index contributed by atoms with van der Waals surface area (Å²) in [6.07, 6.45) is 7.22. The van der Waals surface area contributed by atoms with Crippen molar-refractivity contribution >= 4 is 15.9 Å². The van der Waals surface area contributed by atoms with E-state index in [1.54, 1.807) is 0 Å². The van der Waals surface area contributed by atoms with Crippen LogP contribution in [0.15, 0.2) is 53.4 Å². The van der Waals surface area contributed by atoms with Crippen LogP contribution in [0, 0.1) is 11.7 Å². The second-order valence-electron chi connectivity index (χ2n) is 9.78. The van der Waals surface area contributed by atoms with Gasteiger partial charge in [0.05, 0.1) is 10.9 Å². The summed E-state index contributed by atoms with van der Waals surface area (Å²) in [4.78, 5) is 13.3. The highest BCUT2D eigenvalue weighted by molar-refractivity contribution is 7.89. The van der Waals surface area contributed by atoms with E-state index in [1.807, 2.05) is 24.3 Å². The minimum absolute atomic E-state index is 0.0218. The number of hydrogen-bond donors (Lipinski definition) is 1. The second kappa shape index (κ2) is 9.30. The maximum atomic E-state index is 13.2. The van der Waals surface area contributed by atoms with Crippen LogP contribution >= 0.6 is 0 Å². The van der Waals surface area contributed by atoms with Gasteiger partial charge in [-0.05, 0) is 68.9 Å². The number of halogens is 1. The Labute approximate surface area is 200 Å². The fraction of sp³-hybridized carbons (Fsp3) is 0.500. The van der Waals surface area contributed by atoms with Gasteiger partial charge in [-0.2, -0.15) is 4.31 Å². The zero-order chi connectivity index (χ0) is 23.8. The fourth-order valence-corrected chi connectivity index (χ4v) is 7.12. The number of ether oxygens (including phenoxy) is 1. The molecule has 1 atom stereocenters. The van der Waals surface area contributed by atoms with Crippen LogP contribution in [0.4, 0.5) is 4.39 Å². The molecule has 1 saturated carbocycles. The molecule has 1 saturated heterocycles. The SMILES string of the molecule is O=C(N[C@H]1CC2(CCCCC2)Oc2ccccc21)C1CCN(S(=O)(=O)c2ccc(F)cc2)CC1. The monoisotopic (exact) mass is 486 g/mol. The number of amides is 1. The van der Waals surface area contributed by atoms with Crippen molar-refractivity contribution in [1.82, 2.24) is 9.62 Å². The zero-order valence-corrected chi connectivity index (χ0v) is 20.0. The van der Waals surface area contributed by atoms with Crippen LogP contribution < -0.4 is 10.1 Å². The average molecular weight is 487 g/mol. The van der Waals surface area contributed by atoms with E-state index in [0.717, 1.165) is 55.5 Å². The Morgan fingerprint density at radius 3 is 2.38 bits per heavy atom. The number of carbonyl (C=O) groups excluding carboxylic acids is 1. The van der Waals surface area contributed by atoms with E-state index in [1.165, 1.54) is 22.9 Å². The minimum Gasteiger partial charge on any atom is -0.487 e. The standard InChI is InChI=1S/C26H31FN2O4S/c27-20-8-10-21(11-9-20)34(31,32)29-16-12-19(13-17-29)25(30)28-23-18-26(14-4-1-5-15-26)33-24-7-3-2-6-22(23)24/h2-3,6-11,19,23H,1,4-5,12-18H2,(H,28,30)/t23-/m0/s1. The lowest BCUT2D eigenvalue weighted by Crippen LogP contribution is -2.48. The van der Waals surface area contributed by atoms with Gasteiger partial charge in [-0.25, -0.2) is 12.8 Å². The molecule has 6 nitrogen and oxygen atoms in total. The van der Waals surface area contributed by atoms with Crippen molar-refractivity contribution in [2.75, 3.05) is 13.1 Å². The molecule has 0 aromatic heterocycles. The lowest BCUT2D eigenvalue weighted by Gasteiger charge is -2.45. The van der Waals surface area contributed by atoms with E-state index in [4.69, 9.17) is 4.74 Å². The summed E-state index contributed by atoms with van der Waals surface area (Å²) in [6.45, 7) is 0.540. The summed E-state index contributed by atoms with van der Waals surface area (Å²) in [5.41, 5.74) is 0.806. The Bertz CT molecular complexity index is 1140. The summed E-state index contributed by atoms with van der Waals surface area (Å²) in [5, 5.41) is 3.28. The summed E-state index contributed by atoms with van der Waals surface area (Å²) < 4.78 is 46.8. The van der Waals surface area contributed by atoms with Crippen molar-refractivity contribution in [2.24, 2.45) is 5.92 Å². The number of nitrogens with one attached hydrogen (secondary N) is 1. The molecule has 2 aromatic rings. The summed E-state index contributed by atoms with van der Waals surface area (Å²) in [7, 11) is -3.70. The van der Waals surface area contributed by atoms with Gasteiger partial charge in [0.2, 0.25) is 15.9 Å². The van der Waals surface area contributed by atoms with Gasteiger partial charge in [-0.15, -0.1) is 0 Å². The minimum atomic E-state index is -3.70. The van der Waals surface area contributed by atoms with Crippen LogP contribution in [0.3, 0.4) is 0 Å². The van der Waals surface area contributed by atoms with E-state index < -0.39 is 15.8 Å². The quantitative estimate of drug-likeness (QED) is 0.687. The van der Waals surface area contributed by atoms with Crippen molar-refractivity contribution in [3.63, 3.8) is 0 Å². The van der Waals surface area contributed by atoms with Gasteiger partial charge in [-0.3, -0.25) is 4.79 Å². The number of rotatable bonds is 4. The van der Waals surface area contributed by atoms with Gasteiger partial charge in [0, 0.05) is 31.0 Å². The maximum absolute atomic E-state index is 13.2. The predicted octanol–water partition coefficient (Wildman–Crippen LogP) is 4.57. The molecule has 1 spiro atoms. The highest BCUT2D eigenvalue weighted by Gasteiger charge is 2.43. The first-order chi connectivity index (χ1) is 16.4. The van der Waals surface area contributed by atoms with Crippen molar-refractivity contribution in [3.8, 4) is 5.75 Å². The third-order valence-corrected chi connectivity index (χ3v) is 9.47.